The molecule has 1 heterocycles. The summed E-state index contributed by atoms with van der Waals surface area (Å²) in [5, 5.41) is 1.70. The molecule has 1 aromatic heterocycles. The third-order valence-corrected chi connectivity index (χ3v) is 4.06. The van der Waals surface area contributed by atoms with Crippen molar-refractivity contribution in [1.82, 2.24) is 4.98 Å². The van der Waals surface area contributed by atoms with Crippen LogP contribution >= 0.6 is 22.9 Å². The van der Waals surface area contributed by atoms with Crippen LogP contribution in [0.1, 0.15) is 17.7 Å². The number of benzene rings is 1. The summed E-state index contributed by atoms with van der Waals surface area (Å²) in [5.74, 6) is 0.355. The molecule has 0 spiro atoms. The zero-order valence-electron chi connectivity index (χ0n) is 8.98. The van der Waals surface area contributed by atoms with E-state index in [1.807, 2.05) is 30.5 Å². The molecule has 0 radical (unpaired) electrons. The second-order valence-electron chi connectivity index (χ2n) is 3.68. The van der Waals surface area contributed by atoms with E-state index in [2.05, 4.69) is 11.9 Å². The Kier molecular flexibility index (Phi) is 3.59. The summed E-state index contributed by atoms with van der Waals surface area (Å²) in [7, 11) is 0. The van der Waals surface area contributed by atoms with E-state index in [0.717, 1.165) is 15.6 Å². The van der Waals surface area contributed by atoms with Crippen molar-refractivity contribution in [3.63, 3.8) is 0 Å². The Balaban J connectivity index is 2.35. The van der Waals surface area contributed by atoms with Gasteiger partial charge in [0.25, 0.3) is 0 Å². The van der Waals surface area contributed by atoms with E-state index in [1.54, 1.807) is 11.3 Å². The lowest BCUT2D eigenvalue weighted by molar-refractivity contribution is 0.787. The molecular weight excluding hydrogens is 240 g/mol. The fourth-order valence-corrected chi connectivity index (χ4v) is 2.69. The molecule has 84 valence electrons. The van der Waals surface area contributed by atoms with Crippen molar-refractivity contribution in [3.05, 3.63) is 40.4 Å². The van der Waals surface area contributed by atoms with Crippen LogP contribution in [0.4, 0.5) is 0 Å². The molecule has 1 atom stereocenters. The van der Waals surface area contributed by atoms with Crippen molar-refractivity contribution in [3.8, 4) is 10.6 Å². The predicted octanol–water partition coefficient (Wildman–Crippen LogP) is 3.53. The molecule has 0 saturated carbocycles. The molecule has 1 aromatic carbocycles. The van der Waals surface area contributed by atoms with Crippen LogP contribution in [0.25, 0.3) is 10.6 Å². The highest BCUT2D eigenvalue weighted by Gasteiger charge is 2.11. The average molecular weight is 253 g/mol. The molecule has 1 unspecified atom stereocenters. The molecular formula is C12H13ClN2S. The third-order valence-electron chi connectivity index (χ3n) is 2.47. The molecule has 0 aliphatic carbocycles. The Bertz CT molecular complexity index is 481. The van der Waals surface area contributed by atoms with Gasteiger partial charge in [0, 0.05) is 22.6 Å². The number of hydrogen-bond acceptors (Lipinski definition) is 3. The molecule has 0 aliphatic heterocycles. The number of aromatic nitrogens is 1. The molecule has 0 aliphatic rings. The van der Waals surface area contributed by atoms with Crippen molar-refractivity contribution >= 4 is 22.9 Å². The van der Waals surface area contributed by atoms with Crippen LogP contribution in [0.2, 0.25) is 5.02 Å². The van der Waals surface area contributed by atoms with E-state index in [1.165, 1.54) is 4.88 Å². The van der Waals surface area contributed by atoms with Crippen molar-refractivity contribution in [2.24, 2.45) is 5.73 Å². The summed E-state index contributed by atoms with van der Waals surface area (Å²) in [6, 6.07) is 7.75. The zero-order chi connectivity index (χ0) is 11.5. The van der Waals surface area contributed by atoms with Gasteiger partial charge in [-0.05, 0) is 12.6 Å². The van der Waals surface area contributed by atoms with Crippen LogP contribution in [-0.4, -0.2) is 11.5 Å². The van der Waals surface area contributed by atoms with E-state index < -0.39 is 0 Å². The second kappa shape index (κ2) is 4.95. The smallest absolute Gasteiger partial charge is 0.125 e. The van der Waals surface area contributed by atoms with Gasteiger partial charge in [-0.1, -0.05) is 36.7 Å². The minimum Gasteiger partial charge on any atom is -0.330 e. The van der Waals surface area contributed by atoms with Gasteiger partial charge in [0.05, 0.1) is 5.02 Å². The van der Waals surface area contributed by atoms with Gasteiger partial charge in [0.2, 0.25) is 0 Å². The summed E-state index contributed by atoms with van der Waals surface area (Å²) < 4.78 is 0. The highest BCUT2D eigenvalue weighted by Crippen LogP contribution is 2.33. The maximum atomic E-state index is 6.12. The van der Waals surface area contributed by atoms with Gasteiger partial charge in [-0.25, -0.2) is 4.98 Å². The van der Waals surface area contributed by atoms with Gasteiger partial charge in [-0.15, -0.1) is 11.3 Å². The Morgan fingerprint density at radius 2 is 2.19 bits per heavy atom. The first-order valence-corrected chi connectivity index (χ1v) is 6.32. The molecule has 0 fully saturated rings. The molecule has 0 amide bonds. The minimum atomic E-state index is 0.355. The number of rotatable bonds is 3. The first-order valence-electron chi connectivity index (χ1n) is 5.13. The first-order chi connectivity index (χ1) is 7.72. The molecule has 2 N–H and O–H groups in total. The predicted molar refractivity (Wildman–Crippen MR) is 70.0 cm³/mol. The highest BCUT2D eigenvalue weighted by molar-refractivity contribution is 7.15. The third kappa shape index (κ3) is 2.26. The quantitative estimate of drug-likeness (QED) is 0.908. The molecule has 4 heteroatoms. The topological polar surface area (TPSA) is 38.9 Å². The van der Waals surface area contributed by atoms with Gasteiger partial charge in [-0.2, -0.15) is 0 Å². The number of thiazole rings is 1. The van der Waals surface area contributed by atoms with Crippen molar-refractivity contribution in [1.29, 1.82) is 0 Å². The van der Waals surface area contributed by atoms with Crippen LogP contribution in [-0.2, 0) is 0 Å². The molecule has 2 aromatic rings. The molecule has 0 saturated heterocycles. The average Bonchev–Trinajstić information content (AvgIpc) is 2.78. The molecule has 16 heavy (non-hydrogen) atoms. The van der Waals surface area contributed by atoms with E-state index in [-0.39, 0.29) is 0 Å². The van der Waals surface area contributed by atoms with Crippen molar-refractivity contribution in [2.75, 3.05) is 6.54 Å². The summed E-state index contributed by atoms with van der Waals surface area (Å²) in [6.45, 7) is 2.74. The van der Waals surface area contributed by atoms with E-state index in [4.69, 9.17) is 17.3 Å². The van der Waals surface area contributed by atoms with E-state index >= 15 is 0 Å². The number of hydrogen-bond donors (Lipinski definition) is 1. The summed E-state index contributed by atoms with van der Waals surface area (Å²) in [4.78, 5) is 5.60. The van der Waals surface area contributed by atoms with Crippen LogP contribution in [0, 0.1) is 0 Å². The van der Waals surface area contributed by atoms with E-state index in [9.17, 15) is 0 Å². The summed E-state index contributed by atoms with van der Waals surface area (Å²) >= 11 is 7.78. The maximum absolute atomic E-state index is 6.12. The lowest BCUT2D eigenvalue weighted by atomic mass is 10.2. The van der Waals surface area contributed by atoms with E-state index in [0.29, 0.717) is 12.5 Å². The highest BCUT2D eigenvalue weighted by atomic mass is 35.5. The fraction of sp³-hybridized carbons (Fsp3) is 0.250. The first kappa shape index (κ1) is 11.6. The maximum Gasteiger partial charge on any atom is 0.125 e. The minimum absolute atomic E-state index is 0.355. The SMILES string of the molecule is CC(CN)c1cnc(-c2ccccc2Cl)s1. The fourth-order valence-electron chi connectivity index (χ4n) is 1.39. The largest absolute Gasteiger partial charge is 0.330 e. The Morgan fingerprint density at radius 3 is 2.88 bits per heavy atom. The summed E-state index contributed by atoms with van der Waals surface area (Å²) in [5.41, 5.74) is 6.63. The van der Waals surface area contributed by atoms with Crippen LogP contribution < -0.4 is 5.73 Å². The van der Waals surface area contributed by atoms with Crippen molar-refractivity contribution < 1.29 is 0 Å². The standard InChI is InChI=1S/C12H13ClN2S/c1-8(6-14)11-7-15-12(16-11)9-4-2-3-5-10(9)13/h2-5,7-8H,6,14H2,1H3. The number of halogens is 1. The van der Waals surface area contributed by atoms with Gasteiger partial charge >= 0.3 is 0 Å². The zero-order valence-corrected chi connectivity index (χ0v) is 10.6. The monoisotopic (exact) mass is 252 g/mol. The summed E-state index contributed by atoms with van der Waals surface area (Å²) in [6.07, 6.45) is 1.89. The Morgan fingerprint density at radius 1 is 1.44 bits per heavy atom. The molecule has 2 nitrogen and oxygen atoms in total. The number of nitrogens with two attached hydrogens (primary N) is 1. The number of nitrogens with zero attached hydrogens (tertiary/aromatic N) is 1. The van der Waals surface area contributed by atoms with Crippen molar-refractivity contribution in [2.45, 2.75) is 12.8 Å². The van der Waals surface area contributed by atoms with Gasteiger partial charge in [0.1, 0.15) is 5.01 Å². The lowest BCUT2D eigenvalue weighted by Crippen LogP contribution is -2.07. The van der Waals surface area contributed by atoms with Crippen LogP contribution in [0.3, 0.4) is 0 Å². The molecule has 2 rings (SSSR count). The normalized spacial score (nSPS) is 12.7. The Hall–Kier alpha value is -0.900. The lowest BCUT2D eigenvalue weighted by Gasteiger charge is -2.02. The van der Waals surface area contributed by atoms with Gasteiger partial charge < -0.3 is 5.73 Å². The van der Waals surface area contributed by atoms with Crippen LogP contribution in [0.5, 0.6) is 0 Å². The van der Waals surface area contributed by atoms with Gasteiger partial charge in [-0.3, -0.25) is 0 Å². The second-order valence-corrected chi connectivity index (χ2v) is 5.15. The van der Waals surface area contributed by atoms with Gasteiger partial charge in [0.15, 0.2) is 0 Å². The molecule has 0 bridgehead atoms. The van der Waals surface area contributed by atoms with Crippen LogP contribution in [0.15, 0.2) is 30.5 Å². The Labute approximate surface area is 104 Å².